The molecule has 2 rings (SSSR count). The Kier molecular flexibility index (Phi) is 6.20. The number of carbonyl (C=O) groups excluding carboxylic acids is 1. The zero-order valence-electron chi connectivity index (χ0n) is 12.8. The number of alkyl halides is 3. The highest BCUT2D eigenvalue weighted by atomic mass is 35.5. The van der Waals surface area contributed by atoms with Gasteiger partial charge in [0.05, 0.1) is 11.3 Å². The van der Waals surface area contributed by atoms with Gasteiger partial charge in [0.15, 0.2) is 12.4 Å². The third-order valence-corrected chi connectivity index (χ3v) is 3.64. The lowest BCUT2D eigenvalue weighted by atomic mass is 10.1. The van der Waals surface area contributed by atoms with Gasteiger partial charge in [0, 0.05) is 30.0 Å². The summed E-state index contributed by atoms with van der Waals surface area (Å²) in [4.78, 5) is 11.9. The van der Waals surface area contributed by atoms with Crippen LogP contribution in [0.1, 0.15) is 24.8 Å². The van der Waals surface area contributed by atoms with Crippen LogP contribution in [0.25, 0.3) is 0 Å². The Morgan fingerprint density at radius 3 is 2.50 bits per heavy atom. The lowest BCUT2D eigenvalue weighted by molar-refractivity contribution is -0.697. The maximum atomic E-state index is 13.0. The summed E-state index contributed by atoms with van der Waals surface area (Å²) in [5, 5.41) is 2.29. The number of anilines is 1. The molecule has 0 aliphatic rings. The molecule has 0 spiro atoms. The van der Waals surface area contributed by atoms with E-state index in [0.717, 1.165) is 19.0 Å². The normalized spacial score (nSPS) is 11.3. The van der Waals surface area contributed by atoms with E-state index >= 15 is 0 Å². The zero-order valence-corrected chi connectivity index (χ0v) is 13.6. The molecular weight excluding hydrogens is 341 g/mol. The van der Waals surface area contributed by atoms with Gasteiger partial charge < -0.3 is 5.32 Å². The van der Waals surface area contributed by atoms with Gasteiger partial charge >= 0.3 is 6.18 Å². The minimum absolute atomic E-state index is 0.0276. The van der Waals surface area contributed by atoms with E-state index in [9.17, 15) is 18.0 Å². The van der Waals surface area contributed by atoms with Crippen molar-refractivity contribution in [3.63, 3.8) is 0 Å². The Bertz CT molecular complexity index is 690. The Morgan fingerprint density at radius 2 is 1.83 bits per heavy atom. The molecule has 0 radical (unpaired) electrons. The van der Waals surface area contributed by atoms with Crippen LogP contribution in [0.5, 0.6) is 0 Å². The topological polar surface area (TPSA) is 33.0 Å². The fourth-order valence-corrected chi connectivity index (χ4v) is 2.41. The van der Waals surface area contributed by atoms with E-state index in [1.54, 1.807) is 0 Å². The van der Waals surface area contributed by atoms with Crippen LogP contribution in [0.4, 0.5) is 18.9 Å². The first-order chi connectivity index (χ1) is 11.4. The van der Waals surface area contributed by atoms with E-state index in [1.165, 1.54) is 12.1 Å². The Labute approximate surface area is 143 Å². The first kappa shape index (κ1) is 18.3. The van der Waals surface area contributed by atoms with Crippen molar-refractivity contribution in [3.8, 4) is 0 Å². The van der Waals surface area contributed by atoms with Gasteiger partial charge in [0.1, 0.15) is 6.54 Å². The summed E-state index contributed by atoms with van der Waals surface area (Å²) in [6.07, 6.45) is 0.773. The van der Waals surface area contributed by atoms with Gasteiger partial charge in [-0.1, -0.05) is 17.7 Å². The fourth-order valence-electron chi connectivity index (χ4n) is 2.24. The molecule has 3 nitrogen and oxygen atoms in total. The Morgan fingerprint density at radius 1 is 1.12 bits per heavy atom. The Balaban J connectivity index is 1.86. The molecule has 0 unspecified atom stereocenters. The van der Waals surface area contributed by atoms with E-state index in [-0.39, 0.29) is 17.1 Å². The molecule has 0 aliphatic heterocycles. The molecule has 1 heterocycles. The number of rotatable bonds is 6. The number of benzene rings is 1. The minimum atomic E-state index is -4.57. The molecule has 1 aromatic carbocycles. The van der Waals surface area contributed by atoms with Crippen LogP contribution in [0, 0.1) is 0 Å². The second kappa shape index (κ2) is 8.15. The number of aromatic nitrogens is 1. The van der Waals surface area contributed by atoms with Gasteiger partial charge in [-0.2, -0.15) is 13.2 Å². The number of hydrogen-bond donors (Lipinski definition) is 1. The summed E-state index contributed by atoms with van der Waals surface area (Å²) in [5.74, 6) is -0.444. The summed E-state index contributed by atoms with van der Waals surface area (Å²) in [6, 6.07) is 9.02. The van der Waals surface area contributed by atoms with Crippen molar-refractivity contribution in [1.82, 2.24) is 0 Å². The molecule has 128 valence electrons. The van der Waals surface area contributed by atoms with Crippen LogP contribution in [-0.2, 0) is 17.5 Å². The van der Waals surface area contributed by atoms with E-state index in [0.29, 0.717) is 6.42 Å². The van der Waals surface area contributed by atoms with Gasteiger partial charge in [-0.3, -0.25) is 4.79 Å². The van der Waals surface area contributed by atoms with Crippen LogP contribution >= 0.6 is 11.6 Å². The number of nitrogens with one attached hydrogen (secondary N) is 1. The van der Waals surface area contributed by atoms with Gasteiger partial charge in [0.25, 0.3) is 0 Å². The summed E-state index contributed by atoms with van der Waals surface area (Å²) in [6.45, 7) is 0.753. The lowest BCUT2D eigenvalue weighted by Crippen LogP contribution is -2.32. The predicted octanol–water partition coefficient (Wildman–Crippen LogP) is 4.46. The van der Waals surface area contributed by atoms with Crippen LogP contribution in [-0.4, -0.2) is 5.91 Å². The molecule has 0 saturated heterocycles. The molecule has 1 amide bonds. The highest BCUT2D eigenvalue weighted by molar-refractivity contribution is 6.30. The minimum Gasteiger partial charge on any atom is -0.326 e. The predicted molar refractivity (Wildman–Crippen MR) is 85.6 cm³/mol. The van der Waals surface area contributed by atoms with Crippen molar-refractivity contribution in [3.05, 3.63) is 59.4 Å². The zero-order chi connectivity index (χ0) is 17.6. The number of halogens is 4. The number of amides is 1. The summed E-state index contributed by atoms with van der Waals surface area (Å²) >= 11 is 5.61. The number of aryl methyl sites for hydroxylation is 1. The van der Waals surface area contributed by atoms with E-state index in [4.69, 9.17) is 11.6 Å². The smallest absolute Gasteiger partial charge is 0.326 e. The van der Waals surface area contributed by atoms with Crippen LogP contribution < -0.4 is 9.88 Å². The van der Waals surface area contributed by atoms with E-state index in [2.05, 4.69) is 5.32 Å². The summed E-state index contributed by atoms with van der Waals surface area (Å²) in [5.41, 5.74) is -1.21. The third-order valence-electron chi connectivity index (χ3n) is 3.41. The standard InChI is InChI=1S/C17H16ClF3N2O/c18-13-7-8-15(14(12-13)17(19,20)21)22-16(24)6-2-5-11-23-9-3-1-4-10-23/h1,3-4,7-10,12H,2,5-6,11H2/p+1. The maximum absolute atomic E-state index is 13.0. The number of hydrogen-bond acceptors (Lipinski definition) is 1. The van der Waals surface area contributed by atoms with Gasteiger partial charge in [-0.25, -0.2) is 4.57 Å². The molecule has 0 saturated carbocycles. The van der Waals surface area contributed by atoms with Crippen molar-refractivity contribution in [2.75, 3.05) is 5.32 Å². The molecule has 24 heavy (non-hydrogen) atoms. The second-order valence-electron chi connectivity index (χ2n) is 5.31. The van der Waals surface area contributed by atoms with E-state index in [1.807, 2.05) is 35.2 Å². The second-order valence-corrected chi connectivity index (χ2v) is 5.74. The average Bonchev–Trinajstić information content (AvgIpc) is 2.53. The largest absolute Gasteiger partial charge is 0.418 e. The molecular formula is C17H17ClF3N2O+. The van der Waals surface area contributed by atoms with Crippen LogP contribution in [0.3, 0.4) is 0 Å². The quantitative estimate of drug-likeness (QED) is 0.601. The maximum Gasteiger partial charge on any atom is 0.418 e. The van der Waals surface area contributed by atoms with Gasteiger partial charge in [-0.15, -0.1) is 0 Å². The van der Waals surface area contributed by atoms with Gasteiger partial charge in [-0.05, 0) is 24.6 Å². The van der Waals surface area contributed by atoms with Crippen molar-refractivity contribution >= 4 is 23.2 Å². The SMILES string of the molecule is O=C(CCCC[n+]1ccccc1)Nc1ccc(Cl)cc1C(F)(F)F. The van der Waals surface area contributed by atoms with E-state index < -0.39 is 17.6 Å². The fraction of sp³-hybridized carbons (Fsp3) is 0.294. The number of pyridine rings is 1. The molecule has 1 aromatic heterocycles. The van der Waals surface area contributed by atoms with Crippen molar-refractivity contribution < 1.29 is 22.5 Å². The molecule has 0 fully saturated rings. The van der Waals surface area contributed by atoms with Gasteiger partial charge in [0.2, 0.25) is 5.91 Å². The van der Waals surface area contributed by atoms with Crippen LogP contribution in [0.15, 0.2) is 48.8 Å². The monoisotopic (exact) mass is 357 g/mol. The summed E-state index contributed by atoms with van der Waals surface area (Å²) < 4.78 is 40.9. The van der Waals surface area contributed by atoms with Crippen LogP contribution in [0.2, 0.25) is 5.02 Å². The number of nitrogens with zero attached hydrogens (tertiary/aromatic N) is 1. The molecule has 0 bridgehead atoms. The summed E-state index contributed by atoms with van der Waals surface area (Å²) in [7, 11) is 0. The Hall–Kier alpha value is -2.08. The number of unbranched alkanes of at least 4 members (excludes halogenated alkanes) is 1. The average molecular weight is 358 g/mol. The number of carbonyl (C=O) groups is 1. The molecule has 1 N–H and O–H groups in total. The first-order valence-corrected chi connectivity index (χ1v) is 7.85. The third kappa shape index (κ3) is 5.53. The van der Waals surface area contributed by atoms with Crippen molar-refractivity contribution in [2.45, 2.75) is 32.0 Å². The molecule has 2 aromatic rings. The highest BCUT2D eigenvalue weighted by Crippen LogP contribution is 2.36. The molecule has 0 aliphatic carbocycles. The first-order valence-electron chi connectivity index (χ1n) is 7.47. The van der Waals surface area contributed by atoms with Crippen molar-refractivity contribution in [1.29, 1.82) is 0 Å². The lowest BCUT2D eigenvalue weighted by Gasteiger charge is -2.14. The molecule has 0 atom stereocenters. The molecule has 7 heteroatoms. The van der Waals surface area contributed by atoms with Crippen molar-refractivity contribution in [2.24, 2.45) is 0 Å². The highest BCUT2D eigenvalue weighted by Gasteiger charge is 2.34.